The van der Waals surface area contributed by atoms with Crippen LogP contribution in [-0.4, -0.2) is 29.7 Å². The standard InChI is InChI=1S/C10H12N2O3/c1-3-5-7-11-10(15)12-8(6-4-2)9(13)14/h1-2,8H,5-7H2,(H,13,14)(H2,11,12,15). The first-order valence-electron chi connectivity index (χ1n) is 4.26. The number of urea groups is 1. The first-order chi connectivity index (χ1) is 7.11. The van der Waals surface area contributed by atoms with Crippen LogP contribution in [0.15, 0.2) is 0 Å². The molecule has 5 heteroatoms. The molecule has 0 saturated heterocycles. The van der Waals surface area contributed by atoms with Gasteiger partial charge in [0.05, 0.1) is 0 Å². The van der Waals surface area contributed by atoms with Crippen molar-refractivity contribution in [3.63, 3.8) is 0 Å². The predicted molar refractivity (Wildman–Crippen MR) is 54.9 cm³/mol. The molecule has 1 atom stereocenters. The third kappa shape index (κ3) is 6.00. The highest BCUT2D eigenvalue weighted by Gasteiger charge is 2.17. The lowest BCUT2D eigenvalue weighted by atomic mass is 10.2. The van der Waals surface area contributed by atoms with Gasteiger partial charge in [0.25, 0.3) is 0 Å². The van der Waals surface area contributed by atoms with Gasteiger partial charge in [-0.15, -0.1) is 24.7 Å². The highest BCUT2D eigenvalue weighted by atomic mass is 16.4. The molecule has 0 bridgehead atoms. The van der Waals surface area contributed by atoms with E-state index in [1.54, 1.807) is 0 Å². The van der Waals surface area contributed by atoms with Gasteiger partial charge in [-0.1, -0.05) is 0 Å². The zero-order valence-corrected chi connectivity index (χ0v) is 8.12. The fourth-order valence-electron chi connectivity index (χ4n) is 0.775. The van der Waals surface area contributed by atoms with Crippen molar-refractivity contribution in [1.29, 1.82) is 0 Å². The number of amides is 2. The summed E-state index contributed by atoms with van der Waals surface area (Å²) in [7, 11) is 0. The molecule has 0 aromatic carbocycles. The van der Waals surface area contributed by atoms with E-state index in [0.717, 1.165) is 0 Å². The van der Waals surface area contributed by atoms with Gasteiger partial charge in [-0.05, 0) is 0 Å². The van der Waals surface area contributed by atoms with E-state index in [1.807, 2.05) is 0 Å². The summed E-state index contributed by atoms with van der Waals surface area (Å²) in [6, 6.07) is -1.66. The second-order valence-electron chi connectivity index (χ2n) is 2.65. The van der Waals surface area contributed by atoms with Gasteiger partial charge < -0.3 is 15.7 Å². The van der Waals surface area contributed by atoms with Crippen LogP contribution in [0.3, 0.4) is 0 Å². The van der Waals surface area contributed by atoms with E-state index in [2.05, 4.69) is 22.5 Å². The van der Waals surface area contributed by atoms with Gasteiger partial charge in [-0.2, -0.15) is 0 Å². The lowest BCUT2D eigenvalue weighted by Crippen LogP contribution is -2.46. The molecular formula is C10H12N2O3. The van der Waals surface area contributed by atoms with Crippen LogP contribution in [0.25, 0.3) is 0 Å². The third-order valence-corrected chi connectivity index (χ3v) is 1.48. The van der Waals surface area contributed by atoms with E-state index in [9.17, 15) is 9.59 Å². The minimum Gasteiger partial charge on any atom is -0.480 e. The zero-order chi connectivity index (χ0) is 11.7. The number of carboxylic acids is 1. The number of carboxylic acid groups (broad SMARTS) is 1. The number of aliphatic carboxylic acids is 1. The number of nitrogens with one attached hydrogen (secondary N) is 2. The number of hydrogen-bond donors (Lipinski definition) is 3. The van der Waals surface area contributed by atoms with Crippen molar-refractivity contribution >= 4 is 12.0 Å². The Morgan fingerprint density at radius 2 is 2.00 bits per heavy atom. The van der Waals surface area contributed by atoms with Gasteiger partial charge in [0.15, 0.2) is 0 Å². The summed E-state index contributed by atoms with van der Waals surface area (Å²) in [6.07, 6.45) is 10.3. The topological polar surface area (TPSA) is 78.4 Å². The molecule has 0 radical (unpaired) electrons. The largest absolute Gasteiger partial charge is 0.480 e. The van der Waals surface area contributed by atoms with E-state index in [-0.39, 0.29) is 6.42 Å². The monoisotopic (exact) mass is 208 g/mol. The van der Waals surface area contributed by atoms with E-state index in [0.29, 0.717) is 13.0 Å². The Bertz CT molecular complexity index is 312. The molecule has 0 heterocycles. The molecular weight excluding hydrogens is 196 g/mol. The van der Waals surface area contributed by atoms with Crippen LogP contribution in [0.5, 0.6) is 0 Å². The number of carbonyl (C=O) groups is 2. The molecule has 80 valence electrons. The molecule has 0 saturated carbocycles. The minimum absolute atomic E-state index is 0.0576. The smallest absolute Gasteiger partial charge is 0.327 e. The lowest BCUT2D eigenvalue weighted by Gasteiger charge is -2.11. The van der Waals surface area contributed by atoms with Crippen molar-refractivity contribution in [2.75, 3.05) is 6.54 Å². The quantitative estimate of drug-likeness (QED) is 0.432. The Balaban J connectivity index is 3.97. The molecule has 0 spiro atoms. The summed E-state index contributed by atoms with van der Waals surface area (Å²) >= 11 is 0. The van der Waals surface area contributed by atoms with Crippen LogP contribution in [0.4, 0.5) is 4.79 Å². The maximum Gasteiger partial charge on any atom is 0.327 e. The Hall–Kier alpha value is -2.14. The summed E-state index contributed by atoms with van der Waals surface area (Å²) in [4.78, 5) is 21.7. The molecule has 0 rings (SSSR count). The molecule has 0 aromatic heterocycles. The minimum atomic E-state index is -1.17. The van der Waals surface area contributed by atoms with Gasteiger partial charge in [-0.3, -0.25) is 0 Å². The molecule has 0 aliphatic rings. The Morgan fingerprint density at radius 1 is 1.33 bits per heavy atom. The van der Waals surface area contributed by atoms with Gasteiger partial charge in [0.2, 0.25) is 0 Å². The molecule has 1 unspecified atom stereocenters. The number of rotatable bonds is 5. The van der Waals surface area contributed by atoms with E-state index < -0.39 is 18.0 Å². The number of hydrogen-bond acceptors (Lipinski definition) is 2. The SMILES string of the molecule is C#CCCNC(=O)NC(CC#C)C(=O)O. The third-order valence-electron chi connectivity index (χ3n) is 1.48. The Labute approximate surface area is 88.2 Å². The van der Waals surface area contributed by atoms with Crippen LogP contribution in [0.1, 0.15) is 12.8 Å². The summed E-state index contributed by atoms with van der Waals surface area (Å²) in [5.41, 5.74) is 0. The maximum atomic E-state index is 11.1. The van der Waals surface area contributed by atoms with E-state index >= 15 is 0 Å². The van der Waals surface area contributed by atoms with Gasteiger partial charge in [0.1, 0.15) is 6.04 Å². The van der Waals surface area contributed by atoms with Crippen molar-refractivity contribution in [2.24, 2.45) is 0 Å². The molecule has 3 N–H and O–H groups in total. The van der Waals surface area contributed by atoms with Crippen LogP contribution in [0.2, 0.25) is 0 Å². The van der Waals surface area contributed by atoms with Crippen molar-refractivity contribution in [1.82, 2.24) is 10.6 Å². The zero-order valence-electron chi connectivity index (χ0n) is 8.12. The van der Waals surface area contributed by atoms with Crippen LogP contribution in [-0.2, 0) is 4.79 Å². The van der Waals surface area contributed by atoms with Gasteiger partial charge in [-0.25, -0.2) is 9.59 Å². The molecule has 5 nitrogen and oxygen atoms in total. The molecule has 2 amide bonds. The van der Waals surface area contributed by atoms with E-state index in [4.69, 9.17) is 18.0 Å². The summed E-state index contributed by atoms with van der Waals surface area (Å²) in [5.74, 6) is 3.33. The van der Waals surface area contributed by atoms with Crippen molar-refractivity contribution < 1.29 is 14.7 Å². The Morgan fingerprint density at radius 3 is 2.47 bits per heavy atom. The summed E-state index contributed by atoms with van der Waals surface area (Å²) in [6.45, 7) is 0.296. The van der Waals surface area contributed by atoms with Crippen LogP contribution >= 0.6 is 0 Å². The second kappa shape index (κ2) is 7.28. The maximum absolute atomic E-state index is 11.1. The molecule has 0 aliphatic heterocycles. The molecule has 0 aliphatic carbocycles. The fraction of sp³-hybridized carbons (Fsp3) is 0.400. The lowest BCUT2D eigenvalue weighted by molar-refractivity contribution is -0.139. The van der Waals surface area contributed by atoms with Gasteiger partial charge >= 0.3 is 12.0 Å². The van der Waals surface area contributed by atoms with Crippen LogP contribution in [0, 0.1) is 24.7 Å². The predicted octanol–water partition coefficient (Wildman–Crippen LogP) is -0.215. The van der Waals surface area contributed by atoms with Crippen LogP contribution < -0.4 is 10.6 Å². The highest BCUT2D eigenvalue weighted by molar-refractivity contribution is 5.82. The van der Waals surface area contributed by atoms with Crippen molar-refractivity contribution in [3.05, 3.63) is 0 Å². The summed E-state index contributed by atoms with van der Waals surface area (Å²) < 4.78 is 0. The molecule has 15 heavy (non-hydrogen) atoms. The molecule has 0 fully saturated rings. The van der Waals surface area contributed by atoms with Gasteiger partial charge in [0, 0.05) is 19.4 Å². The summed E-state index contributed by atoms with van der Waals surface area (Å²) in [5, 5.41) is 13.3. The van der Waals surface area contributed by atoms with Crippen molar-refractivity contribution in [2.45, 2.75) is 18.9 Å². The second-order valence-corrected chi connectivity index (χ2v) is 2.65. The average Bonchev–Trinajstić information content (AvgIpc) is 2.17. The first-order valence-corrected chi connectivity index (χ1v) is 4.26. The Kier molecular flexibility index (Phi) is 6.24. The normalized spacial score (nSPS) is 10.5. The fourth-order valence-corrected chi connectivity index (χ4v) is 0.775. The average molecular weight is 208 g/mol. The first kappa shape index (κ1) is 12.9. The molecule has 0 aromatic rings. The van der Waals surface area contributed by atoms with E-state index in [1.165, 1.54) is 0 Å². The number of carbonyl (C=O) groups excluding carboxylic acids is 1. The number of terminal acetylenes is 2. The van der Waals surface area contributed by atoms with Crippen molar-refractivity contribution in [3.8, 4) is 24.7 Å². The highest BCUT2D eigenvalue weighted by Crippen LogP contribution is 1.90.